The lowest BCUT2D eigenvalue weighted by Gasteiger charge is -2.07. The smallest absolute Gasteiger partial charge is 0.408 e. The number of anilines is 1. The van der Waals surface area contributed by atoms with Gasteiger partial charge in [-0.2, -0.15) is 0 Å². The number of alkyl carbamates (subject to hydrolysis) is 1. The second kappa shape index (κ2) is 9.14. The Labute approximate surface area is 152 Å². The number of carbonyl (C=O) groups is 2. The van der Waals surface area contributed by atoms with Gasteiger partial charge in [0.2, 0.25) is 0 Å². The summed E-state index contributed by atoms with van der Waals surface area (Å²) >= 11 is 0. The minimum absolute atomic E-state index is 0.106. The van der Waals surface area contributed by atoms with E-state index in [2.05, 4.69) is 17.2 Å². The van der Waals surface area contributed by atoms with Crippen molar-refractivity contribution in [2.75, 3.05) is 19.4 Å². The molecule has 0 fully saturated rings. The third-order valence-corrected chi connectivity index (χ3v) is 3.62. The van der Waals surface area contributed by atoms with E-state index in [1.165, 1.54) is 7.11 Å². The van der Waals surface area contributed by atoms with E-state index in [0.29, 0.717) is 22.4 Å². The SMILES string of the molecule is COC(=O)c1cc(C#CCNC(=O)OCc2ccccc2)cc(N)c1C. The maximum absolute atomic E-state index is 11.7. The first-order chi connectivity index (χ1) is 12.5. The summed E-state index contributed by atoms with van der Waals surface area (Å²) in [6.45, 7) is 2.04. The summed E-state index contributed by atoms with van der Waals surface area (Å²) in [5.41, 5.74) is 8.82. The van der Waals surface area contributed by atoms with Crippen molar-refractivity contribution >= 4 is 17.7 Å². The Balaban J connectivity index is 1.90. The lowest BCUT2D eigenvalue weighted by Crippen LogP contribution is -2.24. The Hall–Kier alpha value is -3.46. The molecule has 0 aromatic heterocycles. The number of carbonyl (C=O) groups excluding carboxylic acids is 2. The average molecular weight is 352 g/mol. The summed E-state index contributed by atoms with van der Waals surface area (Å²) in [5, 5.41) is 2.54. The van der Waals surface area contributed by atoms with Crippen molar-refractivity contribution in [3.8, 4) is 11.8 Å². The standard InChI is InChI=1S/C20H20N2O4/c1-14-17(19(23)25-2)11-16(12-18(14)21)9-6-10-22-20(24)26-13-15-7-4-3-5-8-15/h3-5,7-8,11-12H,10,13,21H2,1-2H3,(H,22,24). The highest BCUT2D eigenvalue weighted by molar-refractivity contribution is 5.93. The summed E-state index contributed by atoms with van der Waals surface area (Å²) in [6, 6.07) is 12.7. The molecule has 0 saturated heterocycles. The zero-order valence-electron chi connectivity index (χ0n) is 14.7. The number of nitrogens with one attached hydrogen (secondary N) is 1. The summed E-state index contributed by atoms with van der Waals surface area (Å²) in [6.07, 6.45) is -0.554. The highest BCUT2D eigenvalue weighted by atomic mass is 16.5. The van der Waals surface area contributed by atoms with Gasteiger partial charge < -0.3 is 20.5 Å². The molecule has 1 amide bonds. The number of nitrogens with two attached hydrogens (primary N) is 1. The van der Waals surface area contributed by atoms with Crippen LogP contribution in [0.2, 0.25) is 0 Å². The van der Waals surface area contributed by atoms with Crippen LogP contribution in [-0.2, 0) is 16.1 Å². The Morgan fingerprint density at radius 1 is 1.19 bits per heavy atom. The maximum atomic E-state index is 11.7. The average Bonchev–Trinajstić information content (AvgIpc) is 2.66. The number of esters is 1. The molecule has 0 bridgehead atoms. The Bertz CT molecular complexity index is 851. The van der Waals surface area contributed by atoms with Gasteiger partial charge in [0.1, 0.15) is 6.61 Å². The van der Waals surface area contributed by atoms with Crippen molar-refractivity contribution in [1.29, 1.82) is 0 Å². The maximum Gasteiger partial charge on any atom is 0.408 e. The third-order valence-electron chi connectivity index (χ3n) is 3.62. The first-order valence-electron chi connectivity index (χ1n) is 7.93. The second-order valence-electron chi connectivity index (χ2n) is 5.45. The van der Waals surface area contributed by atoms with Crippen LogP contribution in [0.15, 0.2) is 42.5 Å². The molecule has 0 aliphatic heterocycles. The van der Waals surface area contributed by atoms with Gasteiger partial charge in [0.15, 0.2) is 0 Å². The molecule has 0 radical (unpaired) electrons. The van der Waals surface area contributed by atoms with E-state index in [4.69, 9.17) is 15.2 Å². The molecular formula is C20H20N2O4. The van der Waals surface area contributed by atoms with Gasteiger partial charge in [0, 0.05) is 11.3 Å². The van der Waals surface area contributed by atoms with Gasteiger partial charge in [-0.15, -0.1) is 0 Å². The summed E-state index contributed by atoms with van der Waals surface area (Å²) in [5.74, 6) is 5.17. The van der Waals surface area contributed by atoms with Crippen molar-refractivity contribution in [1.82, 2.24) is 5.32 Å². The molecule has 0 aliphatic rings. The van der Waals surface area contributed by atoms with Gasteiger partial charge in [-0.25, -0.2) is 9.59 Å². The molecule has 2 rings (SSSR count). The molecule has 2 aromatic carbocycles. The van der Waals surface area contributed by atoms with Crippen LogP contribution in [0.1, 0.15) is 27.0 Å². The number of benzene rings is 2. The third kappa shape index (κ3) is 5.28. The topological polar surface area (TPSA) is 90.6 Å². The van der Waals surface area contributed by atoms with E-state index in [1.54, 1.807) is 19.1 Å². The fourth-order valence-electron chi connectivity index (χ4n) is 2.17. The van der Waals surface area contributed by atoms with Gasteiger partial charge >= 0.3 is 12.1 Å². The largest absolute Gasteiger partial charge is 0.465 e. The minimum Gasteiger partial charge on any atom is -0.465 e. The van der Waals surface area contributed by atoms with E-state index in [1.807, 2.05) is 30.3 Å². The number of amides is 1. The molecule has 134 valence electrons. The fraction of sp³-hybridized carbons (Fsp3) is 0.200. The van der Waals surface area contributed by atoms with Crippen molar-refractivity contribution in [3.05, 3.63) is 64.7 Å². The zero-order chi connectivity index (χ0) is 18.9. The van der Waals surface area contributed by atoms with Crippen molar-refractivity contribution in [2.45, 2.75) is 13.5 Å². The van der Waals surface area contributed by atoms with Crippen LogP contribution in [0, 0.1) is 18.8 Å². The van der Waals surface area contributed by atoms with Crippen LogP contribution >= 0.6 is 0 Å². The highest BCUT2D eigenvalue weighted by Gasteiger charge is 2.12. The number of ether oxygens (including phenoxy) is 2. The first kappa shape index (κ1) is 18.9. The Morgan fingerprint density at radius 3 is 2.62 bits per heavy atom. The van der Waals surface area contributed by atoms with Crippen LogP contribution in [0.4, 0.5) is 10.5 Å². The normalized spacial score (nSPS) is 9.62. The van der Waals surface area contributed by atoms with Gasteiger partial charge in [0.25, 0.3) is 0 Å². The lowest BCUT2D eigenvalue weighted by atomic mass is 10.0. The number of methoxy groups -OCH3 is 1. The number of hydrogen-bond donors (Lipinski definition) is 2. The van der Waals surface area contributed by atoms with Gasteiger partial charge in [-0.05, 0) is 30.2 Å². The fourth-order valence-corrected chi connectivity index (χ4v) is 2.17. The molecule has 0 atom stereocenters. The first-order valence-corrected chi connectivity index (χ1v) is 7.93. The Morgan fingerprint density at radius 2 is 1.92 bits per heavy atom. The molecule has 6 heteroatoms. The van der Waals surface area contributed by atoms with Gasteiger partial charge in [-0.1, -0.05) is 42.2 Å². The lowest BCUT2D eigenvalue weighted by molar-refractivity contribution is 0.0600. The molecule has 0 heterocycles. The molecule has 2 aromatic rings. The van der Waals surface area contributed by atoms with Crippen LogP contribution in [-0.4, -0.2) is 25.7 Å². The van der Waals surface area contributed by atoms with E-state index in [-0.39, 0.29) is 13.2 Å². The monoisotopic (exact) mass is 352 g/mol. The van der Waals surface area contributed by atoms with Gasteiger partial charge in [-0.3, -0.25) is 0 Å². The van der Waals surface area contributed by atoms with E-state index >= 15 is 0 Å². The van der Waals surface area contributed by atoms with Crippen molar-refractivity contribution in [2.24, 2.45) is 0 Å². The molecule has 6 nitrogen and oxygen atoms in total. The molecule has 0 saturated carbocycles. The number of rotatable bonds is 4. The molecule has 3 N–H and O–H groups in total. The van der Waals surface area contributed by atoms with Crippen molar-refractivity contribution in [3.63, 3.8) is 0 Å². The number of hydrogen-bond acceptors (Lipinski definition) is 5. The summed E-state index contributed by atoms with van der Waals surface area (Å²) < 4.78 is 9.81. The molecule has 0 aliphatic carbocycles. The molecule has 0 spiro atoms. The van der Waals surface area contributed by atoms with Crippen LogP contribution in [0.3, 0.4) is 0 Å². The van der Waals surface area contributed by atoms with E-state index in [9.17, 15) is 9.59 Å². The highest BCUT2D eigenvalue weighted by Crippen LogP contribution is 2.19. The predicted octanol–water partition coefficient (Wildman–Crippen LogP) is 2.64. The van der Waals surface area contributed by atoms with E-state index in [0.717, 1.165) is 5.56 Å². The summed E-state index contributed by atoms with van der Waals surface area (Å²) in [7, 11) is 1.31. The Kier molecular flexibility index (Phi) is 6.63. The van der Waals surface area contributed by atoms with Gasteiger partial charge in [0.05, 0.1) is 19.2 Å². The summed E-state index contributed by atoms with van der Waals surface area (Å²) in [4.78, 5) is 23.4. The number of nitrogen functional groups attached to an aromatic ring is 1. The minimum atomic E-state index is -0.554. The van der Waals surface area contributed by atoms with Crippen LogP contribution in [0.5, 0.6) is 0 Å². The quantitative estimate of drug-likeness (QED) is 0.501. The predicted molar refractivity (Wildman–Crippen MR) is 98.4 cm³/mol. The molecular weight excluding hydrogens is 332 g/mol. The van der Waals surface area contributed by atoms with Crippen molar-refractivity contribution < 1.29 is 19.1 Å². The molecule has 26 heavy (non-hydrogen) atoms. The molecule has 0 unspecified atom stereocenters. The second-order valence-corrected chi connectivity index (χ2v) is 5.45. The van der Waals surface area contributed by atoms with Crippen LogP contribution < -0.4 is 11.1 Å². The van der Waals surface area contributed by atoms with E-state index < -0.39 is 12.1 Å². The zero-order valence-corrected chi connectivity index (χ0v) is 14.7. The van der Waals surface area contributed by atoms with Crippen LogP contribution in [0.25, 0.3) is 0 Å².